The summed E-state index contributed by atoms with van der Waals surface area (Å²) in [7, 11) is 1.62. The second kappa shape index (κ2) is 8.90. The zero-order valence-corrected chi connectivity index (χ0v) is 15.6. The quantitative estimate of drug-likeness (QED) is 0.631. The van der Waals surface area contributed by atoms with Gasteiger partial charge in [0.25, 0.3) is 0 Å². The van der Waals surface area contributed by atoms with E-state index in [1.807, 2.05) is 96.8 Å². The Labute approximate surface area is 160 Å². The van der Waals surface area contributed by atoms with Crippen molar-refractivity contribution in [3.05, 3.63) is 96.1 Å². The first-order valence-corrected chi connectivity index (χ1v) is 8.98. The number of amides is 2. The molecule has 138 valence electrons. The lowest BCUT2D eigenvalue weighted by Crippen LogP contribution is -2.36. The van der Waals surface area contributed by atoms with Crippen LogP contribution in [0.25, 0.3) is 0 Å². The van der Waals surface area contributed by atoms with Gasteiger partial charge in [-0.25, -0.2) is 4.79 Å². The van der Waals surface area contributed by atoms with Gasteiger partial charge in [0.2, 0.25) is 0 Å². The van der Waals surface area contributed by atoms with Crippen molar-refractivity contribution in [1.29, 1.82) is 0 Å². The summed E-state index contributed by atoms with van der Waals surface area (Å²) in [5, 5.41) is 3.00. The van der Waals surface area contributed by atoms with Crippen molar-refractivity contribution >= 4 is 11.7 Å². The number of carbonyl (C=O) groups is 1. The summed E-state index contributed by atoms with van der Waals surface area (Å²) in [5.74, 6) is 0.756. The third kappa shape index (κ3) is 4.88. The second-order valence-corrected chi connectivity index (χ2v) is 6.36. The summed E-state index contributed by atoms with van der Waals surface area (Å²) in [6.07, 6.45) is 0. The molecule has 1 N–H and O–H groups in total. The number of anilines is 1. The molecule has 1 atom stereocenters. The van der Waals surface area contributed by atoms with Crippen LogP contribution < -0.4 is 10.1 Å². The molecule has 3 rings (SSSR count). The fraction of sp³-hybridized carbons (Fsp3) is 0.174. The van der Waals surface area contributed by atoms with E-state index in [-0.39, 0.29) is 12.1 Å². The average Bonchev–Trinajstić information content (AvgIpc) is 2.73. The number of nitrogens with zero attached hydrogens (tertiary/aromatic N) is 1. The lowest BCUT2D eigenvalue weighted by molar-refractivity contribution is 0.189. The Hall–Kier alpha value is -3.27. The summed E-state index contributed by atoms with van der Waals surface area (Å²) >= 11 is 0. The molecule has 0 saturated heterocycles. The first-order chi connectivity index (χ1) is 13.2. The van der Waals surface area contributed by atoms with Crippen LogP contribution in [0.5, 0.6) is 5.75 Å². The molecular formula is C23H24N2O2. The smallest absolute Gasteiger partial charge is 0.322 e. The maximum atomic E-state index is 13.1. The number of methoxy groups -OCH3 is 1. The average molecular weight is 360 g/mol. The zero-order chi connectivity index (χ0) is 19.1. The van der Waals surface area contributed by atoms with E-state index < -0.39 is 0 Å². The molecule has 0 bridgehead atoms. The van der Waals surface area contributed by atoms with E-state index >= 15 is 0 Å². The summed E-state index contributed by atoms with van der Waals surface area (Å²) in [5.41, 5.74) is 2.92. The number of hydrogen-bond acceptors (Lipinski definition) is 2. The Balaban J connectivity index is 1.82. The summed E-state index contributed by atoms with van der Waals surface area (Å²) < 4.78 is 5.17. The molecule has 27 heavy (non-hydrogen) atoms. The van der Waals surface area contributed by atoms with Crippen molar-refractivity contribution < 1.29 is 9.53 Å². The minimum Gasteiger partial charge on any atom is -0.497 e. The number of nitrogens with one attached hydrogen (secondary N) is 1. The van der Waals surface area contributed by atoms with Crippen LogP contribution in [0.2, 0.25) is 0 Å². The first-order valence-electron chi connectivity index (χ1n) is 8.98. The van der Waals surface area contributed by atoms with Gasteiger partial charge in [-0.05, 0) is 42.3 Å². The zero-order valence-electron chi connectivity index (χ0n) is 15.6. The number of rotatable bonds is 6. The molecule has 3 aromatic carbocycles. The van der Waals surface area contributed by atoms with Gasteiger partial charge in [0.1, 0.15) is 5.75 Å². The molecule has 0 aliphatic rings. The lowest BCUT2D eigenvalue weighted by atomic mass is 10.1. The Kier molecular flexibility index (Phi) is 6.10. The van der Waals surface area contributed by atoms with Crippen molar-refractivity contribution in [1.82, 2.24) is 4.90 Å². The van der Waals surface area contributed by atoms with Gasteiger partial charge >= 0.3 is 6.03 Å². The Bertz CT molecular complexity index is 849. The molecule has 1 unspecified atom stereocenters. The molecule has 0 spiro atoms. The minimum absolute atomic E-state index is 0.0651. The van der Waals surface area contributed by atoms with Gasteiger partial charge in [0, 0.05) is 12.2 Å². The summed E-state index contributed by atoms with van der Waals surface area (Å²) in [6, 6.07) is 27.2. The second-order valence-electron chi connectivity index (χ2n) is 6.36. The highest BCUT2D eigenvalue weighted by Crippen LogP contribution is 2.24. The van der Waals surface area contributed by atoms with Crippen molar-refractivity contribution in [3.63, 3.8) is 0 Å². The molecule has 0 heterocycles. The van der Waals surface area contributed by atoms with Crippen LogP contribution in [-0.4, -0.2) is 18.0 Å². The Morgan fingerprint density at radius 3 is 2.11 bits per heavy atom. The number of carbonyl (C=O) groups excluding carboxylic acids is 1. The summed E-state index contributed by atoms with van der Waals surface area (Å²) in [6.45, 7) is 2.57. The van der Waals surface area contributed by atoms with Crippen molar-refractivity contribution in [2.24, 2.45) is 0 Å². The van der Waals surface area contributed by atoms with Crippen molar-refractivity contribution in [2.75, 3.05) is 12.4 Å². The van der Waals surface area contributed by atoms with Gasteiger partial charge in [-0.3, -0.25) is 0 Å². The molecule has 0 fully saturated rings. The van der Waals surface area contributed by atoms with Crippen LogP contribution in [0.3, 0.4) is 0 Å². The monoisotopic (exact) mass is 360 g/mol. The first kappa shape index (κ1) is 18.5. The van der Waals surface area contributed by atoms with E-state index in [0.717, 1.165) is 22.6 Å². The molecular weight excluding hydrogens is 336 g/mol. The highest BCUT2D eigenvalue weighted by molar-refractivity contribution is 5.89. The maximum absolute atomic E-state index is 13.1. The van der Waals surface area contributed by atoms with Crippen molar-refractivity contribution in [2.45, 2.75) is 19.5 Å². The molecule has 0 aromatic heterocycles. The number of benzene rings is 3. The molecule has 0 radical (unpaired) electrons. The minimum atomic E-state index is -0.139. The van der Waals surface area contributed by atoms with E-state index in [1.165, 1.54) is 0 Å². The Morgan fingerprint density at radius 1 is 0.926 bits per heavy atom. The van der Waals surface area contributed by atoms with Crippen LogP contribution in [0.1, 0.15) is 24.1 Å². The van der Waals surface area contributed by atoms with Gasteiger partial charge in [-0.2, -0.15) is 0 Å². The molecule has 4 heteroatoms. The molecule has 0 aliphatic carbocycles. The SMILES string of the molecule is COc1ccc(NC(=O)N(Cc2ccccc2)C(C)c2ccccc2)cc1. The van der Waals surface area contributed by atoms with Gasteiger partial charge in [0.05, 0.1) is 13.2 Å². The van der Waals surface area contributed by atoms with E-state index in [1.54, 1.807) is 7.11 Å². The highest BCUT2D eigenvalue weighted by atomic mass is 16.5. The fourth-order valence-electron chi connectivity index (χ4n) is 2.95. The molecule has 0 aliphatic heterocycles. The Morgan fingerprint density at radius 2 is 1.52 bits per heavy atom. The molecule has 3 aromatic rings. The van der Waals surface area contributed by atoms with Crippen LogP contribution in [0, 0.1) is 0 Å². The van der Waals surface area contributed by atoms with Crippen LogP contribution in [0.15, 0.2) is 84.9 Å². The number of urea groups is 1. The third-order valence-corrected chi connectivity index (χ3v) is 4.55. The third-order valence-electron chi connectivity index (χ3n) is 4.55. The van der Waals surface area contributed by atoms with Crippen molar-refractivity contribution in [3.8, 4) is 5.75 Å². The largest absolute Gasteiger partial charge is 0.497 e. The normalized spacial score (nSPS) is 11.5. The van der Waals surface area contributed by atoms with E-state index in [9.17, 15) is 4.79 Å². The number of ether oxygens (including phenoxy) is 1. The standard InChI is InChI=1S/C23H24N2O2/c1-18(20-11-7-4-8-12-20)25(17-19-9-5-3-6-10-19)23(26)24-21-13-15-22(27-2)16-14-21/h3-16,18H,17H2,1-2H3,(H,24,26). The van der Waals surface area contributed by atoms with Gasteiger partial charge < -0.3 is 15.0 Å². The maximum Gasteiger partial charge on any atom is 0.322 e. The topological polar surface area (TPSA) is 41.6 Å². The molecule has 0 saturated carbocycles. The van der Waals surface area contributed by atoms with Crippen LogP contribution in [-0.2, 0) is 6.54 Å². The highest BCUT2D eigenvalue weighted by Gasteiger charge is 2.22. The van der Waals surface area contributed by atoms with Gasteiger partial charge in [-0.15, -0.1) is 0 Å². The lowest BCUT2D eigenvalue weighted by Gasteiger charge is -2.30. The molecule has 4 nitrogen and oxygen atoms in total. The van der Waals surface area contributed by atoms with Crippen LogP contribution in [0.4, 0.5) is 10.5 Å². The van der Waals surface area contributed by atoms with E-state index in [4.69, 9.17) is 4.74 Å². The summed E-state index contributed by atoms with van der Waals surface area (Å²) in [4.78, 5) is 14.9. The van der Waals surface area contributed by atoms with Gasteiger partial charge in [-0.1, -0.05) is 60.7 Å². The van der Waals surface area contributed by atoms with E-state index in [2.05, 4.69) is 5.32 Å². The predicted molar refractivity (Wildman–Crippen MR) is 109 cm³/mol. The molecule has 2 amide bonds. The fourth-order valence-corrected chi connectivity index (χ4v) is 2.95. The van der Waals surface area contributed by atoms with Crippen LogP contribution >= 0.6 is 0 Å². The van der Waals surface area contributed by atoms with E-state index in [0.29, 0.717) is 6.54 Å². The van der Waals surface area contributed by atoms with Gasteiger partial charge in [0.15, 0.2) is 0 Å². The number of hydrogen-bond donors (Lipinski definition) is 1. The predicted octanol–water partition coefficient (Wildman–Crippen LogP) is 5.49.